The van der Waals surface area contributed by atoms with Gasteiger partial charge in [0.1, 0.15) is 6.04 Å². The number of benzene rings is 2. The van der Waals surface area contributed by atoms with E-state index in [1.54, 1.807) is 49.5 Å². The van der Waals surface area contributed by atoms with Crippen molar-refractivity contribution in [2.45, 2.75) is 38.8 Å². The maximum absolute atomic E-state index is 13.7. The highest BCUT2D eigenvalue weighted by molar-refractivity contribution is 9.10. The van der Waals surface area contributed by atoms with E-state index in [9.17, 15) is 19.5 Å². The molecular formula is C24H26BrN3O4. The Morgan fingerprint density at radius 1 is 1.16 bits per heavy atom. The van der Waals surface area contributed by atoms with Crippen molar-refractivity contribution in [1.29, 1.82) is 0 Å². The van der Waals surface area contributed by atoms with Crippen LogP contribution >= 0.6 is 15.9 Å². The summed E-state index contributed by atoms with van der Waals surface area (Å²) in [6.45, 7) is 3.95. The summed E-state index contributed by atoms with van der Waals surface area (Å²) in [4.78, 5) is 44.3. The predicted molar refractivity (Wildman–Crippen MR) is 126 cm³/mol. The van der Waals surface area contributed by atoms with Crippen molar-refractivity contribution >= 4 is 38.7 Å². The van der Waals surface area contributed by atoms with Crippen LogP contribution in [0.15, 0.2) is 64.1 Å². The largest absolute Gasteiger partial charge is 0.481 e. The number of carboxylic acids is 1. The van der Waals surface area contributed by atoms with Crippen molar-refractivity contribution in [2.75, 3.05) is 7.05 Å². The minimum atomic E-state index is -1.01. The van der Waals surface area contributed by atoms with Gasteiger partial charge in [-0.3, -0.25) is 19.0 Å². The average Bonchev–Trinajstić information content (AvgIpc) is 2.75. The number of amides is 1. The zero-order chi connectivity index (χ0) is 23.4. The standard InChI is InChI=1S/C24H26BrN3O4/c1-15(2)11-21(28-14-26-19-10-5-4-9-18(19)23(28)31)24(32)27(3)20(13-22(29)30)16-7-6-8-17(25)12-16/h4-10,12,14-15,20-21H,11,13H2,1-3H3,(H,29,30)/t20-,21-/m0/s1. The van der Waals surface area contributed by atoms with Gasteiger partial charge in [-0.05, 0) is 42.2 Å². The number of carbonyl (C=O) groups is 2. The van der Waals surface area contributed by atoms with Crippen LogP contribution < -0.4 is 5.56 Å². The van der Waals surface area contributed by atoms with E-state index in [4.69, 9.17) is 0 Å². The molecule has 0 aliphatic heterocycles. The Kier molecular flexibility index (Phi) is 7.45. The van der Waals surface area contributed by atoms with E-state index in [2.05, 4.69) is 20.9 Å². The second-order valence-corrected chi connectivity index (χ2v) is 9.15. The summed E-state index contributed by atoms with van der Waals surface area (Å²) in [5.74, 6) is -1.22. The normalized spacial score (nSPS) is 13.2. The second kappa shape index (κ2) is 10.1. The number of fused-ring (bicyclic) bond motifs is 1. The van der Waals surface area contributed by atoms with E-state index in [0.717, 1.165) is 4.47 Å². The number of hydrogen-bond donors (Lipinski definition) is 1. The Hall–Kier alpha value is -3.00. The van der Waals surface area contributed by atoms with E-state index in [1.165, 1.54) is 15.8 Å². The zero-order valence-corrected chi connectivity index (χ0v) is 19.8. The van der Waals surface area contributed by atoms with Crippen LogP contribution in [-0.4, -0.2) is 38.5 Å². The maximum atomic E-state index is 13.7. The van der Waals surface area contributed by atoms with Crippen LogP contribution in [0.5, 0.6) is 0 Å². The first-order valence-electron chi connectivity index (χ1n) is 10.4. The number of halogens is 1. The molecule has 0 bridgehead atoms. The maximum Gasteiger partial charge on any atom is 0.305 e. The number of nitrogens with zero attached hydrogens (tertiary/aromatic N) is 3. The van der Waals surface area contributed by atoms with E-state index in [1.807, 2.05) is 19.9 Å². The van der Waals surface area contributed by atoms with Crippen molar-refractivity contribution in [1.82, 2.24) is 14.5 Å². The molecule has 0 saturated carbocycles. The molecule has 0 aliphatic carbocycles. The molecule has 1 heterocycles. The molecule has 7 nitrogen and oxygen atoms in total. The summed E-state index contributed by atoms with van der Waals surface area (Å²) >= 11 is 3.41. The molecule has 0 spiro atoms. The van der Waals surface area contributed by atoms with E-state index >= 15 is 0 Å². The Balaban J connectivity index is 2.05. The number of rotatable bonds is 8. The van der Waals surface area contributed by atoms with Gasteiger partial charge in [0.25, 0.3) is 5.56 Å². The Morgan fingerprint density at radius 2 is 1.88 bits per heavy atom. The number of aromatic nitrogens is 2. The summed E-state index contributed by atoms with van der Waals surface area (Å²) in [5, 5.41) is 9.93. The second-order valence-electron chi connectivity index (χ2n) is 8.24. The van der Waals surface area contributed by atoms with Crippen LogP contribution in [0.1, 0.15) is 44.3 Å². The summed E-state index contributed by atoms with van der Waals surface area (Å²) in [7, 11) is 1.59. The third-order valence-electron chi connectivity index (χ3n) is 5.42. The van der Waals surface area contributed by atoms with Crippen LogP contribution in [0.25, 0.3) is 10.9 Å². The van der Waals surface area contributed by atoms with Crippen LogP contribution in [0.2, 0.25) is 0 Å². The number of likely N-dealkylation sites (N-methyl/N-ethyl adjacent to an activating group) is 1. The number of carboxylic acid groups (broad SMARTS) is 1. The monoisotopic (exact) mass is 499 g/mol. The summed E-state index contributed by atoms with van der Waals surface area (Å²) in [6, 6.07) is 12.8. The fraction of sp³-hybridized carbons (Fsp3) is 0.333. The van der Waals surface area contributed by atoms with Crippen molar-refractivity contribution in [2.24, 2.45) is 5.92 Å². The van der Waals surface area contributed by atoms with Gasteiger partial charge in [0.15, 0.2) is 0 Å². The van der Waals surface area contributed by atoms with Gasteiger partial charge in [-0.1, -0.05) is 54.0 Å². The number of hydrogen-bond acceptors (Lipinski definition) is 4. The SMILES string of the molecule is CC(C)C[C@@H](C(=O)N(C)[C@@H](CC(=O)O)c1cccc(Br)c1)n1cnc2ccccc2c1=O. The Labute approximate surface area is 194 Å². The highest BCUT2D eigenvalue weighted by atomic mass is 79.9. The number of carbonyl (C=O) groups excluding carboxylic acids is 1. The molecule has 2 aromatic carbocycles. The first kappa shape index (κ1) is 23.7. The molecule has 3 rings (SSSR count). The minimum Gasteiger partial charge on any atom is -0.481 e. The smallest absolute Gasteiger partial charge is 0.305 e. The van der Waals surface area contributed by atoms with Crippen LogP contribution in [0.4, 0.5) is 0 Å². The van der Waals surface area contributed by atoms with Gasteiger partial charge in [0.05, 0.1) is 29.7 Å². The van der Waals surface area contributed by atoms with Gasteiger partial charge >= 0.3 is 5.97 Å². The fourth-order valence-corrected chi connectivity index (χ4v) is 4.25. The van der Waals surface area contributed by atoms with Gasteiger partial charge < -0.3 is 10.0 Å². The lowest BCUT2D eigenvalue weighted by molar-refractivity contribution is -0.141. The minimum absolute atomic E-state index is 0.125. The first-order chi connectivity index (χ1) is 15.2. The molecule has 0 unspecified atom stereocenters. The molecule has 0 fully saturated rings. The van der Waals surface area contributed by atoms with Crippen LogP contribution in [-0.2, 0) is 9.59 Å². The Morgan fingerprint density at radius 3 is 2.53 bits per heavy atom. The first-order valence-corrected chi connectivity index (χ1v) is 11.2. The average molecular weight is 500 g/mol. The van der Waals surface area contributed by atoms with E-state index < -0.39 is 18.1 Å². The molecule has 0 radical (unpaired) electrons. The number of para-hydroxylation sites is 1. The Bertz CT molecular complexity index is 1190. The summed E-state index contributed by atoms with van der Waals surface area (Å²) < 4.78 is 2.17. The third kappa shape index (κ3) is 5.24. The molecule has 2 atom stereocenters. The molecule has 8 heteroatoms. The van der Waals surface area contributed by atoms with Crippen molar-refractivity contribution in [3.63, 3.8) is 0 Å². The fourth-order valence-electron chi connectivity index (χ4n) is 3.83. The molecule has 3 aromatic rings. The lowest BCUT2D eigenvalue weighted by Gasteiger charge is -2.32. The molecule has 1 N–H and O–H groups in total. The lowest BCUT2D eigenvalue weighted by atomic mass is 9.98. The zero-order valence-electron chi connectivity index (χ0n) is 18.2. The predicted octanol–water partition coefficient (Wildman–Crippen LogP) is 4.42. The van der Waals surface area contributed by atoms with Crippen molar-refractivity contribution < 1.29 is 14.7 Å². The lowest BCUT2D eigenvalue weighted by Crippen LogP contribution is -2.41. The van der Waals surface area contributed by atoms with Crippen molar-refractivity contribution in [3.8, 4) is 0 Å². The molecule has 0 saturated heterocycles. The molecule has 1 aromatic heterocycles. The quantitative estimate of drug-likeness (QED) is 0.495. The summed E-state index contributed by atoms with van der Waals surface area (Å²) in [6.07, 6.45) is 1.58. The van der Waals surface area contributed by atoms with Crippen molar-refractivity contribution in [3.05, 3.63) is 75.2 Å². The topological polar surface area (TPSA) is 92.5 Å². The van der Waals surface area contributed by atoms with E-state index in [0.29, 0.717) is 22.9 Å². The highest BCUT2D eigenvalue weighted by Gasteiger charge is 2.32. The molecule has 32 heavy (non-hydrogen) atoms. The number of aliphatic carboxylic acids is 1. The highest BCUT2D eigenvalue weighted by Crippen LogP contribution is 2.29. The van der Waals surface area contributed by atoms with Crippen LogP contribution in [0, 0.1) is 5.92 Å². The molecule has 0 aliphatic rings. The van der Waals surface area contributed by atoms with E-state index in [-0.39, 0.29) is 23.8 Å². The van der Waals surface area contributed by atoms with Gasteiger partial charge in [-0.2, -0.15) is 0 Å². The van der Waals surface area contributed by atoms with Gasteiger partial charge in [0.2, 0.25) is 5.91 Å². The summed E-state index contributed by atoms with van der Waals surface area (Å²) in [5.41, 5.74) is 0.973. The molecule has 1 amide bonds. The van der Waals surface area contributed by atoms with Gasteiger partial charge in [0, 0.05) is 11.5 Å². The van der Waals surface area contributed by atoms with Gasteiger partial charge in [-0.15, -0.1) is 0 Å². The molecular weight excluding hydrogens is 474 g/mol. The van der Waals surface area contributed by atoms with Gasteiger partial charge in [-0.25, -0.2) is 4.98 Å². The molecule has 168 valence electrons. The third-order valence-corrected chi connectivity index (χ3v) is 5.92. The van der Waals surface area contributed by atoms with Crippen LogP contribution in [0.3, 0.4) is 0 Å².